The Morgan fingerprint density at radius 3 is 1.29 bits per heavy atom. The van der Waals surface area contributed by atoms with Gasteiger partial charge in [-0.3, -0.25) is 0 Å². The van der Waals surface area contributed by atoms with Gasteiger partial charge in [-0.05, 0) is 34.0 Å². The van der Waals surface area contributed by atoms with E-state index in [0.29, 0.717) is 0 Å². The average Bonchev–Trinajstić information content (AvgIpc) is 2.42. The molecule has 2 nitrogen and oxygen atoms in total. The second-order valence-electron chi connectivity index (χ2n) is 6.75. The Balaban J connectivity index is 0. The minimum absolute atomic E-state index is 0.0255. The summed E-state index contributed by atoms with van der Waals surface area (Å²) >= 11 is 0. The molecule has 0 rings (SSSR count). The lowest BCUT2D eigenvalue weighted by molar-refractivity contribution is 0.147. The van der Waals surface area contributed by atoms with Crippen molar-refractivity contribution in [1.82, 2.24) is 4.90 Å². The monoisotopic (exact) mass is 301 g/mol. The maximum atomic E-state index is 9.79. The average molecular weight is 302 g/mol. The smallest absolute Gasteiger partial charge is 0.0540 e. The molecule has 0 heterocycles. The molecule has 2 heteroatoms. The molecule has 0 aliphatic rings. The third-order valence-electron chi connectivity index (χ3n) is 3.53. The topological polar surface area (TPSA) is 23.5 Å². The molecule has 0 radical (unpaired) electrons. The standard InChI is InChI=1S/C16H34O.C3H9N/c1-3-5-7-9-10-11-13-15-16(17)14-12-8-6-4-2;1-4(2)3/h16-17H,3-15H2,1-2H3;1-3H3. The molecule has 0 fully saturated rings. The summed E-state index contributed by atoms with van der Waals surface area (Å²) in [5.41, 5.74) is 0. The summed E-state index contributed by atoms with van der Waals surface area (Å²) in [6.07, 6.45) is 16.6. The van der Waals surface area contributed by atoms with E-state index in [1.54, 1.807) is 0 Å². The summed E-state index contributed by atoms with van der Waals surface area (Å²) in [6, 6.07) is 0. The highest BCUT2D eigenvalue weighted by Gasteiger charge is 2.03. The second kappa shape index (κ2) is 19.9. The minimum atomic E-state index is -0.0255. The molecule has 21 heavy (non-hydrogen) atoms. The number of aliphatic hydroxyl groups excluding tert-OH is 1. The normalized spacial score (nSPS) is 12.1. The zero-order valence-corrected chi connectivity index (χ0v) is 15.7. The van der Waals surface area contributed by atoms with E-state index in [9.17, 15) is 5.11 Å². The maximum absolute atomic E-state index is 9.79. The Morgan fingerprint density at radius 2 is 0.905 bits per heavy atom. The first kappa shape index (κ1) is 23.2. The van der Waals surface area contributed by atoms with Crippen molar-refractivity contribution in [3.63, 3.8) is 0 Å². The highest BCUT2D eigenvalue weighted by atomic mass is 16.3. The van der Waals surface area contributed by atoms with Gasteiger partial charge in [-0.1, -0.05) is 84.5 Å². The van der Waals surface area contributed by atoms with E-state index >= 15 is 0 Å². The van der Waals surface area contributed by atoms with E-state index in [4.69, 9.17) is 0 Å². The quantitative estimate of drug-likeness (QED) is 0.445. The first-order valence-electron chi connectivity index (χ1n) is 9.33. The van der Waals surface area contributed by atoms with E-state index < -0.39 is 0 Å². The van der Waals surface area contributed by atoms with Crippen LogP contribution in [0.15, 0.2) is 0 Å². The van der Waals surface area contributed by atoms with Gasteiger partial charge in [-0.2, -0.15) is 0 Å². The summed E-state index contributed by atoms with van der Waals surface area (Å²) < 4.78 is 0. The molecule has 0 amide bonds. The van der Waals surface area contributed by atoms with Gasteiger partial charge in [0.2, 0.25) is 0 Å². The number of nitrogens with zero attached hydrogens (tertiary/aromatic N) is 1. The van der Waals surface area contributed by atoms with Gasteiger partial charge < -0.3 is 10.0 Å². The fraction of sp³-hybridized carbons (Fsp3) is 1.00. The zero-order chi connectivity index (χ0) is 16.3. The van der Waals surface area contributed by atoms with E-state index in [1.807, 2.05) is 26.0 Å². The van der Waals surface area contributed by atoms with Crippen LogP contribution < -0.4 is 0 Å². The van der Waals surface area contributed by atoms with Crippen molar-refractivity contribution in [3.8, 4) is 0 Å². The second-order valence-corrected chi connectivity index (χ2v) is 6.75. The molecule has 130 valence electrons. The predicted molar refractivity (Wildman–Crippen MR) is 97.0 cm³/mol. The molecule has 0 spiro atoms. The summed E-state index contributed by atoms with van der Waals surface area (Å²) in [5.74, 6) is 0. The number of rotatable bonds is 13. The van der Waals surface area contributed by atoms with Gasteiger partial charge in [-0.25, -0.2) is 0 Å². The Kier molecular flexibility index (Phi) is 22.0. The summed E-state index contributed by atoms with van der Waals surface area (Å²) in [5, 5.41) is 9.79. The van der Waals surface area contributed by atoms with Crippen molar-refractivity contribution in [2.75, 3.05) is 21.1 Å². The van der Waals surface area contributed by atoms with Gasteiger partial charge in [-0.15, -0.1) is 0 Å². The third-order valence-corrected chi connectivity index (χ3v) is 3.53. The van der Waals surface area contributed by atoms with Crippen molar-refractivity contribution < 1.29 is 5.11 Å². The predicted octanol–water partition coefficient (Wildman–Crippen LogP) is 5.64. The van der Waals surface area contributed by atoms with Gasteiger partial charge >= 0.3 is 0 Å². The number of aliphatic hydroxyl groups is 1. The van der Waals surface area contributed by atoms with Crippen LogP contribution in [0.3, 0.4) is 0 Å². The molecule has 0 aliphatic carbocycles. The molecule has 0 aliphatic heterocycles. The van der Waals surface area contributed by atoms with E-state index in [2.05, 4.69) is 13.8 Å². The molecule has 1 N–H and O–H groups in total. The highest BCUT2D eigenvalue weighted by Crippen LogP contribution is 2.13. The minimum Gasteiger partial charge on any atom is -0.393 e. The lowest BCUT2D eigenvalue weighted by Crippen LogP contribution is -2.05. The Morgan fingerprint density at radius 1 is 0.619 bits per heavy atom. The zero-order valence-electron chi connectivity index (χ0n) is 15.7. The number of hydrogen-bond acceptors (Lipinski definition) is 2. The fourth-order valence-corrected chi connectivity index (χ4v) is 2.29. The molecule has 1 unspecified atom stereocenters. The number of hydrogen-bond donors (Lipinski definition) is 1. The Bertz CT molecular complexity index is 168. The van der Waals surface area contributed by atoms with Gasteiger partial charge in [0.1, 0.15) is 0 Å². The first-order chi connectivity index (χ1) is 10.0. The van der Waals surface area contributed by atoms with Crippen LogP contribution in [0.5, 0.6) is 0 Å². The lowest BCUT2D eigenvalue weighted by atomic mass is 10.0. The van der Waals surface area contributed by atoms with Crippen molar-refractivity contribution in [2.24, 2.45) is 0 Å². The summed E-state index contributed by atoms with van der Waals surface area (Å²) in [6.45, 7) is 4.49. The van der Waals surface area contributed by atoms with Crippen molar-refractivity contribution >= 4 is 0 Å². The van der Waals surface area contributed by atoms with Crippen LogP contribution in [0.2, 0.25) is 0 Å². The maximum Gasteiger partial charge on any atom is 0.0540 e. The lowest BCUT2D eigenvalue weighted by Gasteiger charge is -2.09. The highest BCUT2D eigenvalue weighted by molar-refractivity contribution is 4.57. The van der Waals surface area contributed by atoms with Crippen LogP contribution >= 0.6 is 0 Å². The van der Waals surface area contributed by atoms with E-state index in [0.717, 1.165) is 12.8 Å². The van der Waals surface area contributed by atoms with Crippen molar-refractivity contribution in [3.05, 3.63) is 0 Å². The molecule has 0 saturated carbocycles. The Labute approximate surface area is 135 Å². The van der Waals surface area contributed by atoms with E-state index in [-0.39, 0.29) is 6.10 Å². The van der Waals surface area contributed by atoms with Gasteiger partial charge in [0, 0.05) is 0 Å². The molecule has 0 aromatic rings. The molecule has 0 aromatic carbocycles. The molecule has 0 bridgehead atoms. The van der Waals surface area contributed by atoms with Crippen molar-refractivity contribution in [1.29, 1.82) is 0 Å². The third kappa shape index (κ3) is 28.7. The summed E-state index contributed by atoms with van der Waals surface area (Å²) in [7, 11) is 6.00. The van der Waals surface area contributed by atoms with Crippen LogP contribution in [0.4, 0.5) is 0 Å². The SMILES string of the molecule is CCCCCCCCCC(O)CCCCCC.CN(C)C. The molecule has 0 saturated heterocycles. The van der Waals surface area contributed by atoms with Gasteiger partial charge in [0.25, 0.3) is 0 Å². The first-order valence-corrected chi connectivity index (χ1v) is 9.33. The Hall–Kier alpha value is -0.0800. The molecular weight excluding hydrogens is 258 g/mol. The van der Waals surface area contributed by atoms with Crippen LogP contribution in [0.25, 0.3) is 0 Å². The van der Waals surface area contributed by atoms with Crippen molar-refractivity contribution in [2.45, 2.75) is 103 Å². The molecule has 1 atom stereocenters. The van der Waals surface area contributed by atoms with Crippen LogP contribution in [-0.4, -0.2) is 37.3 Å². The fourth-order valence-electron chi connectivity index (χ4n) is 2.29. The largest absolute Gasteiger partial charge is 0.393 e. The molecular formula is C19H43NO. The molecule has 0 aromatic heterocycles. The van der Waals surface area contributed by atoms with E-state index in [1.165, 1.54) is 70.6 Å². The van der Waals surface area contributed by atoms with Crippen LogP contribution in [0.1, 0.15) is 97.3 Å². The van der Waals surface area contributed by atoms with Crippen LogP contribution in [0, 0.1) is 0 Å². The van der Waals surface area contributed by atoms with Gasteiger partial charge in [0.15, 0.2) is 0 Å². The van der Waals surface area contributed by atoms with Gasteiger partial charge in [0.05, 0.1) is 6.10 Å². The number of unbranched alkanes of at least 4 members (excludes halogenated alkanes) is 9. The summed E-state index contributed by atoms with van der Waals surface area (Å²) in [4.78, 5) is 2.00. The van der Waals surface area contributed by atoms with Crippen LogP contribution in [-0.2, 0) is 0 Å².